The summed E-state index contributed by atoms with van der Waals surface area (Å²) in [5.74, 6) is 0.708. The van der Waals surface area contributed by atoms with Crippen molar-refractivity contribution in [3.8, 4) is 5.75 Å². The van der Waals surface area contributed by atoms with Gasteiger partial charge in [0.05, 0.1) is 22.8 Å². The van der Waals surface area contributed by atoms with E-state index in [0.29, 0.717) is 22.9 Å². The van der Waals surface area contributed by atoms with Gasteiger partial charge in [-0.25, -0.2) is 8.42 Å². The smallest absolute Gasteiger partial charge is 0.261 e. The number of anilines is 2. The van der Waals surface area contributed by atoms with Gasteiger partial charge in [0.1, 0.15) is 12.4 Å². The van der Waals surface area contributed by atoms with Crippen molar-refractivity contribution in [1.29, 1.82) is 0 Å². The topological polar surface area (TPSA) is 58.6 Å². The van der Waals surface area contributed by atoms with Gasteiger partial charge in [-0.15, -0.1) is 0 Å². The number of sulfonamides is 1. The first kappa shape index (κ1) is 16.3. The van der Waals surface area contributed by atoms with Crippen LogP contribution >= 0.6 is 0 Å². The SMILES string of the molecule is CN1CCOc2cc(NS(=O)(=O)c3ccc4c(c3)CCCC4)ccc21. The average Bonchev–Trinajstić information content (AvgIpc) is 2.61. The van der Waals surface area contributed by atoms with Crippen molar-refractivity contribution in [3.05, 3.63) is 47.5 Å². The summed E-state index contributed by atoms with van der Waals surface area (Å²) in [5, 5.41) is 0. The Balaban J connectivity index is 1.61. The molecule has 0 radical (unpaired) electrons. The maximum Gasteiger partial charge on any atom is 0.261 e. The molecule has 0 atom stereocenters. The fraction of sp³-hybridized carbons (Fsp3) is 0.368. The van der Waals surface area contributed by atoms with Crippen LogP contribution in [-0.2, 0) is 22.9 Å². The van der Waals surface area contributed by atoms with Gasteiger partial charge in [-0.3, -0.25) is 4.72 Å². The first-order valence-corrected chi connectivity index (χ1v) is 10.1. The molecule has 132 valence electrons. The number of likely N-dealkylation sites (N-methyl/N-ethyl adjacent to an activating group) is 1. The molecular weight excluding hydrogens is 336 g/mol. The Kier molecular flexibility index (Phi) is 4.07. The fourth-order valence-corrected chi connectivity index (χ4v) is 4.61. The highest BCUT2D eigenvalue weighted by Gasteiger charge is 2.20. The van der Waals surface area contributed by atoms with E-state index < -0.39 is 10.0 Å². The molecule has 2 aromatic carbocycles. The van der Waals surface area contributed by atoms with Gasteiger partial charge in [-0.1, -0.05) is 6.07 Å². The van der Waals surface area contributed by atoms with Gasteiger partial charge in [0.15, 0.2) is 0 Å². The molecule has 0 saturated heterocycles. The van der Waals surface area contributed by atoms with E-state index in [1.807, 2.05) is 25.2 Å². The summed E-state index contributed by atoms with van der Waals surface area (Å²) in [6, 6.07) is 10.9. The lowest BCUT2D eigenvalue weighted by molar-refractivity contribution is 0.311. The molecule has 1 heterocycles. The molecule has 0 aromatic heterocycles. The summed E-state index contributed by atoms with van der Waals surface area (Å²) in [6.07, 6.45) is 4.30. The molecule has 0 bridgehead atoms. The van der Waals surface area contributed by atoms with Crippen LogP contribution in [0.5, 0.6) is 5.75 Å². The minimum absolute atomic E-state index is 0.323. The van der Waals surface area contributed by atoms with Crippen LogP contribution in [0.15, 0.2) is 41.3 Å². The second-order valence-corrected chi connectivity index (χ2v) is 8.38. The Morgan fingerprint density at radius 3 is 2.68 bits per heavy atom. The maximum atomic E-state index is 12.8. The summed E-state index contributed by atoms with van der Waals surface area (Å²) in [7, 11) is -1.61. The van der Waals surface area contributed by atoms with Crippen LogP contribution in [-0.4, -0.2) is 28.6 Å². The van der Waals surface area contributed by atoms with E-state index in [2.05, 4.69) is 9.62 Å². The second kappa shape index (κ2) is 6.26. The predicted molar refractivity (Wildman–Crippen MR) is 99.1 cm³/mol. The number of hydrogen-bond acceptors (Lipinski definition) is 4. The van der Waals surface area contributed by atoms with E-state index in [-0.39, 0.29) is 0 Å². The third kappa shape index (κ3) is 3.18. The van der Waals surface area contributed by atoms with Crippen molar-refractivity contribution in [3.63, 3.8) is 0 Å². The Bertz CT molecular complexity index is 909. The van der Waals surface area contributed by atoms with Crippen molar-refractivity contribution >= 4 is 21.4 Å². The molecule has 0 saturated carbocycles. The standard InChI is InChI=1S/C19H22N2O3S/c1-21-10-11-24-19-13-16(7-9-18(19)21)20-25(22,23)17-8-6-14-4-2-3-5-15(14)12-17/h6-9,12-13,20H,2-5,10-11H2,1H3. The van der Waals surface area contributed by atoms with Crippen LogP contribution in [0.4, 0.5) is 11.4 Å². The van der Waals surface area contributed by atoms with Crippen molar-refractivity contribution in [2.75, 3.05) is 29.8 Å². The molecule has 0 spiro atoms. The van der Waals surface area contributed by atoms with Crippen LogP contribution in [0.1, 0.15) is 24.0 Å². The van der Waals surface area contributed by atoms with Gasteiger partial charge in [-0.05, 0) is 61.1 Å². The maximum absolute atomic E-state index is 12.8. The summed E-state index contributed by atoms with van der Waals surface area (Å²) >= 11 is 0. The molecule has 2 aromatic rings. The number of benzene rings is 2. The molecule has 25 heavy (non-hydrogen) atoms. The summed E-state index contributed by atoms with van der Waals surface area (Å²) in [5.41, 5.74) is 3.93. The Morgan fingerprint density at radius 1 is 1.04 bits per heavy atom. The first-order chi connectivity index (χ1) is 12.0. The van der Waals surface area contributed by atoms with Crippen molar-refractivity contribution in [1.82, 2.24) is 0 Å². The van der Waals surface area contributed by atoms with E-state index in [1.54, 1.807) is 18.2 Å². The fourth-order valence-electron chi connectivity index (χ4n) is 3.51. The minimum Gasteiger partial charge on any atom is -0.489 e. The van der Waals surface area contributed by atoms with Gasteiger partial charge >= 0.3 is 0 Å². The lowest BCUT2D eigenvalue weighted by Gasteiger charge is -2.28. The van der Waals surface area contributed by atoms with Gasteiger partial charge in [0.25, 0.3) is 10.0 Å². The molecule has 2 aliphatic rings. The predicted octanol–water partition coefficient (Wildman–Crippen LogP) is 3.19. The molecule has 4 rings (SSSR count). The zero-order chi connectivity index (χ0) is 17.4. The first-order valence-electron chi connectivity index (χ1n) is 8.65. The van der Waals surface area contributed by atoms with Gasteiger partial charge in [0.2, 0.25) is 0 Å². The third-order valence-corrected chi connectivity index (χ3v) is 6.32. The van der Waals surface area contributed by atoms with Crippen LogP contribution in [0, 0.1) is 0 Å². The Morgan fingerprint density at radius 2 is 1.84 bits per heavy atom. The monoisotopic (exact) mass is 358 g/mol. The lowest BCUT2D eigenvalue weighted by atomic mass is 9.92. The van der Waals surface area contributed by atoms with Crippen molar-refractivity contribution in [2.45, 2.75) is 30.6 Å². The molecular formula is C19H22N2O3S. The normalized spacial score (nSPS) is 16.6. The summed E-state index contributed by atoms with van der Waals surface area (Å²) in [4.78, 5) is 2.42. The molecule has 1 aliphatic heterocycles. The van der Waals surface area contributed by atoms with E-state index >= 15 is 0 Å². The summed E-state index contributed by atoms with van der Waals surface area (Å²) in [6.45, 7) is 1.43. The van der Waals surface area contributed by atoms with Crippen LogP contribution in [0.2, 0.25) is 0 Å². The second-order valence-electron chi connectivity index (χ2n) is 6.70. The number of rotatable bonds is 3. The molecule has 0 amide bonds. The molecule has 5 nitrogen and oxygen atoms in total. The van der Waals surface area contributed by atoms with Crippen molar-refractivity contribution in [2.24, 2.45) is 0 Å². The molecule has 1 N–H and O–H groups in total. The van der Waals surface area contributed by atoms with Crippen LogP contribution < -0.4 is 14.4 Å². The van der Waals surface area contributed by atoms with E-state index in [0.717, 1.165) is 37.1 Å². The zero-order valence-electron chi connectivity index (χ0n) is 14.3. The van der Waals surface area contributed by atoms with Crippen molar-refractivity contribution < 1.29 is 13.2 Å². The molecule has 6 heteroatoms. The average molecular weight is 358 g/mol. The lowest BCUT2D eigenvalue weighted by Crippen LogP contribution is -2.28. The number of nitrogens with zero attached hydrogens (tertiary/aromatic N) is 1. The molecule has 0 unspecified atom stereocenters. The molecule has 0 fully saturated rings. The van der Waals surface area contributed by atoms with Crippen LogP contribution in [0.25, 0.3) is 0 Å². The zero-order valence-corrected chi connectivity index (χ0v) is 15.1. The number of hydrogen-bond donors (Lipinski definition) is 1. The number of fused-ring (bicyclic) bond motifs is 2. The number of nitrogens with one attached hydrogen (secondary N) is 1. The van der Waals surface area contributed by atoms with E-state index in [4.69, 9.17) is 4.74 Å². The highest BCUT2D eigenvalue weighted by Crippen LogP contribution is 2.34. The summed E-state index contributed by atoms with van der Waals surface area (Å²) < 4.78 is 33.8. The van der Waals surface area contributed by atoms with Gasteiger partial charge in [0, 0.05) is 13.1 Å². The van der Waals surface area contributed by atoms with Crippen LogP contribution in [0.3, 0.4) is 0 Å². The Labute approximate surface area is 148 Å². The highest BCUT2D eigenvalue weighted by molar-refractivity contribution is 7.92. The van der Waals surface area contributed by atoms with E-state index in [9.17, 15) is 8.42 Å². The largest absolute Gasteiger partial charge is 0.489 e. The minimum atomic E-state index is -3.61. The van der Waals surface area contributed by atoms with Gasteiger partial charge < -0.3 is 9.64 Å². The quantitative estimate of drug-likeness (QED) is 0.915. The highest BCUT2D eigenvalue weighted by atomic mass is 32.2. The number of aryl methyl sites for hydroxylation is 2. The van der Waals surface area contributed by atoms with E-state index in [1.165, 1.54) is 12.0 Å². The third-order valence-electron chi connectivity index (χ3n) is 4.94. The van der Waals surface area contributed by atoms with Gasteiger partial charge in [-0.2, -0.15) is 0 Å². The number of ether oxygens (including phenoxy) is 1. The molecule has 1 aliphatic carbocycles. The Hall–Kier alpha value is -2.21.